The third kappa shape index (κ3) is 3.51. The van der Waals surface area contributed by atoms with Crippen LogP contribution >= 0.6 is 0 Å². The zero-order chi connectivity index (χ0) is 11.4. The van der Waals surface area contributed by atoms with E-state index < -0.39 is 0 Å². The minimum absolute atomic E-state index is 0.0273. The number of amides is 2. The summed E-state index contributed by atoms with van der Waals surface area (Å²) in [5, 5.41) is 0. The lowest BCUT2D eigenvalue weighted by atomic mass is 10.3. The topological polar surface area (TPSA) is 43.9 Å². The number of rotatable bonds is 4. The second-order valence-corrected chi connectivity index (χ2v) is 4.22. The summed E-state index contributed by atoms with van der Waals surface area (Å²) in [7, 11) is 5.66. The van der Waals surface area contributed by atoms with E-state index >= 15 is 0 Å². The van der Waals surface area contributed by atoms with Crippen molar-refractivity contribution < 1.29 is 9.59 Å². The third-order valence-corrected chi connectivity index (χ3v) is 2.51. The van der Waals surface area contributed by atoms with Gasteiger partial charge in [0.05, 0.1) is 13.1 Å². The second-order valence-electron chi connectivity index (χ2n) is 4.22. The van der Waals surface area contributed by atoms with Gasteiger partial charge >= 0.3 is 0 Å². The Morgan fingerprint density at radius 3 is 2.47 bits per heavy atom. The molecule has 1 heterocycles. The predicted octanol–water partition coefficient (Wildman–Crippen LogP) is -0.761. The molecule has 0 unspecified atom stereocenters. The SMILES string of the molecule is CN(C)CCCN1CC(=O)N(C)CC1=O. The summed E-state index contributed by atoms with van der Waals surface area (Å²) in [6.45, 7) is 2.08. The van der Waals surface area contributed by atoms with Crippen LogP contribution in [0.4, 0.5) is 0 Å². The number of piperazine rings is 1. The fourth-order valence-electron chi connectivity index (χ4n) is 1.54. The summed E-state index contributed by atoms with van der Waals surface area (Å²) < 4.78 is 0. The maximum Gasteiger partial charge on any atom is 0.242 e. The lowest BCUT2D eigenvalue weighted by Gasteiger charge is -2.31. The highest BCUT2D eigenvalue weighted by Crippen LogP contribution is 2.03. The lowest BCUT2D eigenvalue weighted by molar-refractivity contribution is -0.148. The Bertz CT molecular complexity index is 253. The van der Waals surface area contributed by atoms with Crippen molar-refractivity contribution in [3.05, 3.63) is 0 Å². The normalized spacial score (nSPS) is 17.9. The fourth-order valence-corrected chi connectivity index (χ4v) is 1.54. The first kappa shape index (κ1) is 12.0. The minimum atomic E-state index is 0.0273. The summed E-state index contributed by atoms with van der Waals surface area (Å²) in [5.41, 5.74) is 0. The zero-order valence-electron chi connectivity index (χ0n) is 9.69. The Balaban J connectivity index is 2.35. The Kier molecular flexibility index (Phi) is 4.08. The van der Waals surface area contributed by atoms with Crippen molar-refractivity contribution in [3.8, 4) is 0 Å². The van der Waals surface area contributed by atoms with Crippen molar-refractivity contribution in [1.82, 2.24) is 14.7 Å². The molecule has 0 radical (unpaired) electrons. The average Bonchev–Trinajstić information content (AvgIpc) is 2.13. The average molecular weight is 213 g/mol. The van der Waals surface area contributed by atoms with E-state index in [2.05, 4.69) is 4.90 Å². The van der Waals surface area contributed by atoms with Crippen molar-refractivity contribution in [2.45, 2.75) is 6.42 Å². The quantitative estimate of drug-likeness (QED) is 0.616. The molecule has 0 atom stereocenters. The third-order valence-electron chi connectivity index (χ3n) is 2.51. The Morgan fingerprint density at radius 2 is 1.87 bits per heavy atom. The van der Waals surface area contributed by atoms with Gasteiger partial charge in [-0.2, -0.15) is 0 Å². The lowest BCUT2D eigenvalue weighted by Crippen LogP contribution is -2.52. The number of carbonyl (C=O) groups is 2. The van der Waals surface area contributed by atoms with Crippen LogP contribution in [0.3, 0.4) is 0 Å². The highest BCUT2D eigenvalue weighted by molar-refractivity contribution is 5.92. The van der Waals surface area contributed by atoms with Gasteiger partial charge in [0.25, 0.3) is 0 Å². The molecule has 0 aromatic heterocycles. The fraction of sp³-hybridized carbons (Fsp3) is 0.800. The second kappa shape index (κ2) is 5.11. The van der Waals surface area contributed by atoms with Crippen LogP contribution in [-0.2, 0) is 9.59 Å². The van der Waals surface area contributed by atoms with Gasteiger partial charge in [-0.05, 0) is 27.1 Å². The van der Waals surface area contributed by atoms with Gasteiger partial charge in [0.2, 0.25) is 11.8 Å². The molecular weight excluding hydrogens is 194 g/mol. The van der Waals surface area contributed by atoms with Gasteiger partial charge in [0.15, 0.2) is 0 Å². The molecule has 15 heavy (non-hydrogen) atoms. The van der Waals surface area contributed by atoms with Gasteiger partial charge in [-0.25, -0.2) is 0 Å². The Morgan fingerprint density at radius 1 is 1.20 bits per heavy atom. The molecular formula is C10H19N3O2. The van der Waals surface area contributed by atoms with Gasteiger partial charge in [0.1, 0.15) is 0 Å². The Hall–Kier alpha value is -1.10. The molecule has 1 saturated heterocycles. The van der Waals surface area contributed by atoms with E-state index in [4.69, 9.17) is 0 Å². The molecule has 0 saturated carbocycles. The molecule has 0 N–H and O–H groups in total. The molecule has 1 rings (SSSR count). The van der Waals surface area contributed by atoms with Crippen molar-refractivity contribution in [3.63, 3.8) is 0 Å². The van der Waals surface area contributed by atoms with E-state index in [1.54, 1.807) is 11.9 Å². The molecule has 86 valence electrons. The van der Waals surface area contributed by atoms with E-state index in [9.17, 15) is 9.59 Å². The van der Waals surface area contributed by atoms with Crippen LogP contribution in [0, 0.1) is 0 Å². The van der Waals surface area contributed by atoms with Crippen LogP contribution in [0.2, 0.25) is 0 Å². The van der Waals surface area contributed by atoms with Gasteiger partial charge in [-0.15, -0.1) is 0 Å². The minimum Gasteiger partial charge on any atom is -0.335 e. The van der Waals surface area contributed by atoms with Crippen molar-refractivity contribution in [1.29, 1.82) is 0 Å². The number of carbonyl (C=O) groups excluding carboxylic acids is 2. The van der Waals surface area contributed by atoms with Crippen LogP contribution in [-0.4, -0.2) is 73.8 Å². The molecule has 0 bridgehead atoms. The van der Waals surface area contributed by atoms with Crippen molar-refractivity contribution in [2.75, 3.05) is 47.3 Å². The van der Waals surface area contributed by atoms with Crippen LogP contribution in [0.25, 0.3) is 0 Å². The summed E-state index contributed by atoms with van der Waals surface area (Å²) >= 11 is 0. The van der Waals surface area contributed by atoms with Crippen molar-refractivity contribution in [2.24, 2.45) is 0 Å². The van der Waals surface area contributed by atoms with Gasteiger partial charge < -0.3 is 14.7 Å². The molecule has 2 amide bonds. The maximum absolute atomic E-state index is 11.5. The van der Waals surface area contributed by atoms with Crippen LogP contribution < -0.4 is 0 Å². The predicted molar refractivity (Wildman–Crippen MR) is 57.4 cm³/mol. The molecule has 0 aromatic rings. The van der Waals surface area contributed by atoms with Gasteiger partial charge in [-0.3, -0.25) is 9.59 Å². The first-order valence-corrected chi connectivity index (χ1v) is 5.17. The van der Waals surface area contributed by atoms with Gasteiger partial charge in [-0.1, -0.05) is 0 Å². The van der Waals surface area contributed by atoms with Crippen molar-refractivity contribution >= 4 is 11.8 Å². The number of hydrogen-bond donors (Lipinski definition) is 0. The number of likely N-dealkylation sites (N-methyl/N-ethyl adjacent to an activating group) is 1. The van der Waals surface area contributed by atoms with E-state index in [-0.39, 0.29) is 24.9 Å². The smallest absolute Gasteiger partial charge is 0.242 e. The molecule has 0 aromatic carbocycles. The highest BCUT2D eigenvalue weighted by atomic mass is 16.2. The zero-order valence-corrected chi connectivity index (χ0v) is 9.69. The molecule has 5 heteroatoms. The summed E-state index contributed by atoms with van der Waals surface area (Å²) in [6, 6.07) is 0. The monoisotopic (exact) mass is 213 g/mol. The molecule has 0 aliphatic carbocycles. The molecule has 1 fully saturated rings. The summed E-state index contributed by atoms with van der Waals surface area (Å²) in [5.74, 6) is 0.0790. The van der Waals surface area contributed by atoms with Gasteiger partial charge in [0, 0.05) is 13.6 Å². The molecule has 1 aliphatic rings. The Labute approximate surface area is 90.6 Å². The number of nitrogens with zero attached hydrogens (tertiary/aromatic N) is 3. The largest absolute Gasteiger partial charge is 0.335 e. The first-order chi connectivity index (χ1) is 7.00. The first-order valence-electron chi connectivity index (χ1n) is 5.17. The summed E-state index contributed by atoms with van der Waals surface area (Å²) in [6.07, 6.45) is 0.912. The van der Waals surface area contributed by atoms with Crippen LogP contribution in [0.5, 0.6) is 0 Å². The van der Waals surface area contributed by atoms with Crippen LogP contribution in [0.15, 0.2) is 0 Å². The maximum atomic E-state index is 11.5. The molecule has 0 spiro atoms. The number of hydrogen-bond acceptors (Lipinski definition) is 3. The molecule has 1 aliphatic heterocycles. The highest BCUT2D eigenvalue weighted by Gasteiger charge is 2.26. The summed E-state index contributed by atoms with van der Waals surface area (Å²) in [4.78, 5) is 28.1. The van der Waals surface area contributed by atoms with E-state index in [0.29, 0.717) is 6.54 Å². The van der Waals surface area contributed by atoms with Crippen LogP contribution in [0.1, 0.15) is 6.42 Å². The van der Waals surface area contributed by atoms with E-state index in [0.717, 1.165) is 13.0 Å². The van der Waals surface area contributed by atoms with E-state index in [1.165, 1.54) is 4.90 Å². The standard InChI is InChI=1S/C10H19N3O2/c1-11(2)5-4-6-13-8-9(14)12(3)7-10(13)15/h4-8H2,1-3H3. The van der Waals surface area contributed by atoms with E-state index in [1.807, 2.05) is 14.1 Å². The molecule has 5 nitrogen and oxygen atoms in total.